The number of rotatable bonds is 7. The van der Waals surface area contributed by atoms with Gasteiger partial charge in [0, 0.05) is 6.07 Å². The highest BCUT2D eigenvalue weighted by Crippen LogP contribution is 2.18. The molecule has 1 radical (unpaired) electrons. The van der Waals surface area contributed by atoms with Crippen molar-refractivity contribution in [2.75, 3.05) is 13.2 Å². The van der Waals surface area contributed by atoms with Crippen LogP contribution in [0.25, 0.3) is 12.2 Å². The van der Waals surface area contributed by atoms with Crippen molar-refractivity contribution < 1.29 is 9.47 Å². The first kappa shape index (κ1) is 16.0. The van der Waals surface area contributed by atoms with Crippen LogP contribution in [0.15, 0.2) is 24.3 Å². The molecule has 22 heavy (non-hydrogen) atoms. The van der Waals surface area contributed by atoms with Crippen LogP contribution in [0, 0.1) is 6.07 Å². The van der Waals surface area contributed by atoms with Gasteiger partial charge in [0.25, 0.3) is 0 Å². The fraction of sp³-hybridized carbons (Fsp3) is 0.333. The van der Waals surface area contributed by atoms with E-state index in [1.54, 1.807) is 0 Å². The van der Waals surface area contributed by atoms with Gasteiger partial charge >= 0.3 is 6.01 Å². The maximum absolute atomic E-state index is 5.46. The number of hydrogen-bond acceptors (Lipinski definition) is 4. The molecule has 0 aliphatic carbocycles. The summed E-state index contributed by atoms with van der Waals surface area (Å²) in [7, 11) is 0. The van der Waals surface area contributed by atoms with Crippen molar-refractivity contribution in [2.45, 2.75) is 27.2 Å². The summed E-state index contributed by atoms with van der Waals surface area (Å²) in [6.45, 7) is 7.03. The Balaban J connectivity index is 2.29. The molecule has 2 aromatic rings. The average Bonchev–Trinajstić information content (AvgIpc) is 2.54. The monoisotopic (exact) mass is 297 g/mol. The van der Waals surface area contributed by atoms with Gasteiger partial charge in [0.1, 0.15) is 0 Å². The third-order valence-corrected chi connectivity index (χ3v) is 3.07. The maximum atomic E-state index is 5.46. The largest absolute Gasteiger partial charge is 0.478 e. The SMILES string of the molecule is CCOc1cc(C=Cc2cc[c]cc2CC)nc(OCC)n1. The Bertz CT molecular complexity index is 614. The van der Waals surface area contributed by atoms with Gasteiger partial charge in [-0.05, 0) is 43.5 Å². The average molecular weight is 297 g/mol. The molecular formula is C18H21N2O2. The Hall–Kier alpha value is -2.36. The zero-order valence-corrected chi connectivity index (χ0v) is 13.3. The predicted octanol–water partition coefficient (Wildman–Crippen LogP) is 3.81. The number of aromatic nitrogens is 2. The third kappa shape index (κ3) is 4.32. The first-order valence-electron chi connectivity index (χ1n) is 7.58. The summed E-state index contributed by atoms with van der Waals surface area (Å²) in [6, 6.07) is 11.2. The van der Waals surface area contributed by atoms with Crippen LogP contribution in [0.2, 0.25) is 0 Å². The first-order valence-corrected chi connectivity index (χ1v) is 7.58. The molecule has 0 unspecified atom stereocenters. The second-order valence-electron chi connectivity index (χ2n) is 4.59. The van der Waals surface area contributed by atoms with E-state index >= 15 is 0 Å². The molecule has 0 saturated carbocycles. The minimum Gasteiger partial charge on any atom is -0.478 e. The van der Waals surface area contributed by atoms with Crippen LogP contribution in [-0.2, 0) is 6.42 Å². The van der Waals surface area contributed by atoms with E-state index in [1.807, 2.05) is 50.3 Å². The zero-order valence-electron chi connectivity index (χ0n) is 13.3. The molecule has 0 atom stereocenters. The van der Waals surface area contributed by atoms with Gasteiger partial charge in [-0.2, -0.15) is 9.97 Å². The molecule has 4 heteroatoms. The molecule has 2 rings (SSSR count). The van der Waals surface area contributed by atoms with Gasteiger partial charge in [-0.15, -0.1) is 0 Å². The van der Waals surface area contributed by atoms with Crippen molar-refractivity contribution in [1.82, 2.24) is 9.97 Å². The first-order chi connectivity index (χ1) is 10.8. The lowest BCUT2D eigenvalue weighted by Gasteiger charge is -2.07. The highest BCUT2D eigenvalue weighted by molar-refractivity contribution is 5.70. The fourth-order valence-electron chi connectivity index (χ4n) is 2.04. The smallest absolute Gasteiger partial charge is 0.320 e. The van der Waals surface area contributed by atoms with Gasteiger partial charge in [0.05, 0.1) is 18.9 Å². The van der Waals surface area contributed by atoms with Crippen LogP contribution < -0.4 is 9.47 Å². The zero-order chi connectivity index (χ0) is 15.8. The Labute approximate surface area is 131 Å². The Morgan fingerprint density at radius 2 is 1.91 bits per heavy atom. The fourth-order valence-corrected chi connectivity index (χ4v) is 2.04. The molecule has 1 heterocycles. The molecule has 0 aliphatic heterocycles. The van der Waals surface area contributed by atoms with Crippen molar-refractivity contribution in [1.29, 1.82) is 0 Å². The molecular weight excluding hydrogens is 276 g/mol. The highest BCUT2D eigenvalue weighted by atomic mass is 16.5. The quantitative estimate of drug-likeness (QED) is 0.779. The lowest BCUT2D eigenvalue weighted by Crippen LogP contribution is -2.02. The molecule has 1 aromatic heterocycles. The number of ether oxygens (including phenoxy) is 2. The summed E-state index contributed by atoms with van der Waals surface area (Å²) in [6.07, 6.45) is 4.96. The van der Waals surface area contributed by atoms with Crippen LogP contribution in [0.3, 0.4) is 0 Å². The Morgan fingerprint density at radius 1 is 1.09 bits per heavy atom. The number of aryl methyl sites for hydroxylation is 1. The summed E-state index contributed by atoms with van der Waals surface area (Å²) >= 11 is 0. The van der Waals surface area contributed by atoms with Crippen molar-refractivity contribution in [3.8, 4) is 11.9 Å². The topological polar surface area (TPSA) is 44.2 Å². The molecule has 0 amide bonds. The molecule has 0 N–H and O–H groups in total. The summed E-state index contributed by atoms with van der Waals surface area (Å²) in [4.78, 5) is 8.58. The lowest BCUT2D eigenvalue weighted by molar-refractivity contribution is 0.288. The van der Waals surface area contributed by atoms with Crippen LogP contribution in [-0.4, -0.2) is 23.2 Å². The molecule has 0 aliphatic rings. The number of nitrogens with zero attached hydrogens (tertiary/aromatic N) is 2. The molecule has 0 saturated heterocycles. The molecule has 0 bridgehead atoms. The van der Waals surface area contributed by atoms with Crippen molar-refractivity contribution in [3.05, 3.63) is 47.2 Å². The molecule has 115 valence electrons. The van der Waals surface area contributed by atoms with Gasteiger partial charge in [0.15, 0.2) is 0 Å². The van der Waals surface area contributed by atoms with Crippen molar-refractivity contribution in [2.24, 2.45) is 0 Å². The summed E-state index contributed by atoms with van der Waals surface area (Å²) < 4.78 is 10.8. The van der Waals surface area contributed by atoms with Gasteiger partial charge < -0.3 is 9.47 Å². The van der Waals surface area contributed by atoms with Crippen molar-refractivity contribution >= 4 is 12.2 Å². The minimum absolute atomic E-state index is 0.338. The van der Waals surface area contributed by atoms with E-state index in [1.165, 1.54) is 5.56 Å². The third-order valence-electron chi connectivity index (χ3n) is 3.07. The predicted molar refractivity (Wildman–Crippen MR) is 88.0 cm³/mol. The van der Waals surface area contributed by atoms with Crippen LogP contribution in [0.4, 0.5) is 0 Å². The summed E-state index contributed by atoms with van der Waals surface area (Å²) in [5.74, 6) is 0.526. The van der Waals surface area contributed by atoms with E-state index in [9.17, 15) is 0 Å². The number of benzene rings is 1. The second kappa shape index (κ2) is 8.17. The minimum atomic E-state index is 0.338. The summed E-state index contributed by atoms with van der Waals surface area (Å²) in [5, 5.41) is 0. The highest BCUT2D eigenvalue weighted by Gasteiger charge is 2.04. The lowest BCUT2D eigenvalue weighted by atomic mass is 10.0. The van der Waals surface area contributed by atoms with Gasteiger partial charge in [-0.3, -0.25) is 0 Å². The molecule has 4 nitrogen and oxygen atoms in total. The van der Waals surface area contributed by atoms with E-state index in [-0.39, 0.29) is 0 Å². The van der Waals surface area contributed by atoms with E-state index < -0.39 is 0 Å². The van der Waals surface area contributed by atoms with Gasteiger partial charge in [0.2, 0.25) is 5.88 Å². The Morgan fingerprint density at radius 3 is 2.64 bits per heavy atom. The van der Waals surface area contributed by atoms with E-state index in [2.05, 4.69) is 23.0 Å². The number of hydrogen-bond donors (Lipinski definition) is 0. The van der Waals surface area contributed by atoms with Gasteiger partial charge in [-0.25, -0.2) is 0 Å². The van der Waals surface area contributed by atoms with E-state index in [0.717, 1.165) is 17.7 Å². The molecule has 0 fully saturated rings. The standard InChI is InChI=1S/C18H21N2O2/c1-4-14-9-7-8-10-15(14)11-12-16-13-17(21-5-2)20-18(19-16)22-6-3/h8-13H,4-6H2,1-3H3. The van der Waals surface area contributed by atoms with E-state index in [4.69, 9.17) is 9.47 Å². The van der Waals surface area contributed by atoms with Gasteiger partial charge in [-0.1, -0.05) is 31.2 Å². The van der Waals surface area contributed by atoms with E-state index in [0.29, 0.717) is 25.1 Å². The maximum Gasteiger partial charge on any atom is 0.320 e. The summed E-state index contributed by atoms with van der Waals surface area (Å²) in [5.41, 5.74) is 3.18. The Kier molecular flexibility index (Phi) is 5.95. The van der Waals surface area contributed by atoms with Crippen molar-refractivity contribution in [3.63, 3.8) is 0 Å². The van der Waals surface area contributed by atoms with Crippen LogP contribution in [0.1, 0.15) is 37.6 Å². The van der Waals surface area contributed by atoms with Crippen LogP contribution in [0.5, 0.6) is 11.9 Å². The second-order valence-corrected chi connectivity index (χ2v) is 4.59. The van der Waals surface area contributed by atoms with Crippen LogP contribution >= 0.6 is 0 Å². The molecule has 1 aromatic carbocycles. The normalized spacial score (nSPS) is 10.9. The molecule has 0 spiro atoms.